The van der Waals surface area contributed by atoms with Crippen LogP contribution < -0.4 is 5.32 Å². The van der Waals surface area contributed by atoms with Crippen LogP contribution in [-0.2, 0) is 5.54 Å². The number of aromatic nitrogens is 1. The fourth-order valence-electron chi connectivity index (χ4n) is 2.55. The smallest absolute Gasteiger partial charge is 0.113 e. The molecule has 0 saturated heterocycles. The Bertz CT molecular complexity index is 339. The van der Waals surface area contributed by atoms with Crippen molar-refractivity contribution in [1.82, 2.24) is 10.3 Å². The lowest BCUT2D eigenvalue weighted by Gasteiger charge is -2.31. The third kappa shape index (κ3) is 2.30. The third-order valence-electron chi connectivity index (χ3n) is 3.62. The zero-order valence-electron chi connectivity index (χ0n) is 10.5. The van der Waals surface area contributed by atoms with Crippen LogP contribution >= 0.6 is 11.3 Å². The van der Waals surface area contributed by atoms with E-state index in [0.29, 0.717) is 6.04 Å². The van der Waals surface area contributed by atoms with Crippen molar-refractivity contribution >= 4 is 11.3 Å². The van der Waals surface area contributed by atoms with Crippen LogP contribution in [0.15, 0.2) is 5.38 Å². The van der Waals surface area contributed by atoms with Crippen LogP contribution in [0.4, 0.5) is 0 Å². The lowest BCUT2D eigenvalue weighted by molar-refractivity contribution is 0.297. The Labute approximate surface area is 102 Å². The molecule has 0 aliphatic heterocycles. The van der Waals surface area contributed by atoms with Gasteiger partial charge in [0.05, 0.1) is 5.54 Å². The fourth-order valence-corrected chi connectivity index (χ4v) is 3.57. The highest BCUT2D eigenvalue weighted by Gasteiger charge is 2.38. The van der Waals surface area contributed by atoms with E-state index in [1.807, 2.05) is 11.3 Å². The van der Waals surface area contributed by atoms with Crippen LogP contribution in [0.5, 0.6) is 0 Å². The Kier molecular flexibility index (Phi) is 3.65. The molecular formula is C13H22N2S. The standard InChI is InChI=1S/C13H22N2S/c1-4-10(2)15-13(7-5-6-8-13)12-14-11(3)9-16-12/h9-10,15H,4-8H2,1-3H3. The first kappa shape index (κ1) is 12.1. The van der Waals surface area contributed by atoms with Crippen LogP contribution in [0.1, 0.15) is 56.7 Å². The molecule has 3 heteroatoms. The fraction of sp³-hybridized carbons (Fsp3) is 0.769. The number of hydrogen-bond donors (Lipinski definition) is 1. The quantitative estimate of drug-likeness (QED) is 0.867. The molecular weight excluding hydrogens is 216 g/mol. The first-order valence-electron chi connectivity index (χ1n) is 6.36. The molecule has 1 aromatic rings. The molecule has 1 saturated carbocycles. The second-order valence-electron chi connectivity index (χ2n) is 5.04. The van der Waals surface area contributed by atoms with E-state index < -0.39 is 0 Å². The maximum Gasteiger partial charge on any atom is 0.113 e. The van der Waals surface area contributed by atoms with Crippen LogP contribution in [0.3, 0.4) is 0 Å². The number of thiazole rings is 1. The van der Waals surface area contributed by atoms with Gasteiger partial charge in [0.15, 0.2) is 0 Å². The third-order valence-corrected chi connectivity index (χ3v) is 4.78. The normalized spacial score (nSPS) is 21.2. The second kappa shape index (κ2) is 4.84. The van der Waals surface area contributed by atoms with Gasteiger partial charge in [0.1, 0.15) is 5.01 Å². The molecule has 16 heavy (non-hydrogen) atoms. The van der Waals surface area contributed by atoms with Gasteiger partial charge in [-0.2, -0.15) is 0 Å². The second-order valence-corrected chi connectivity index (χ2v) is 5.89. The van der Waals surface area contributed by atoms with E-state index in [0.717, 1.165) is 5.69 Å². The maximum absolute atomic E-state index is 4.71. The monoisotopic (exact) mass is 238 g/mol. The van der Waals surface area contributed by atoms with Crippen molar-refractivity contribution in [2.45, 2.75) is 64.5 Å². The Hall–Kier alpha value is -0.410. The van der Waals surface area contributed by atoms with Crippen molar-refractivity contribution in [3.8, 4) is 0 Å². The van der Waals surface area contributed by atoms with Crippen LogP contribution in [0, 0.1) is 6.92 Å². The van der Waals surface area contributed by atoms with E-state index in [1.54, 1.807) is 0 Å². The van der Waals surface area contributed by atoms with Gasteiger partial charge in [-0.05, 0) is 33.1 Å². The molecule has 0 bridgehead atoms. The summed E-state index contributed by atoms with van der Waals surface area (Å²) in [6, 6.07) is 0.585. The molecule has 2 rings (SSSR count). The summed E-state index contributed by atoms with van der Waals surface area (Å²) in [5.41, 5.74) is 1.35. The van der Waals surface area contributed by atoms with E-state index in [2.05, 4.69) is 31.5 Å². The SMILES string of the molecule is CCC(C)NC1(c2nc(C)cs2)CCCC1. The van der Waals surface area contributed by atoms with Gasteiger partial charge in [0, 0.05) is 17.1 Å². The Morgan fingerprint density at radius 1 is 1.50 bits per heavy atom. The predicted molar refractivity (Wildman–Crippen MR) is 69.9 cm³/mol. The average molecular weight is 238 g/mol. The van der Waals surface area contributed by atoms with Crippen molar-refractivity contribution < 1.29 is 0 Å². The first-order valence-corrected chi connectivity index (χ1v) is 7.24. The zero-order chi connectivity index (χ0) is 11.6. The highest BCUT2D eigenvalue weighted by atomic mass is 32.1. The minimum Gasteiger partial charge on any atom is -0.303 e. The topological polar surface area (TPSA) is 24.9 Å². The molecule has 0 spiro atoms. The summed E-state index contributed by atoms with van der Waals surface area (Å²) >= 11 is 1.82. The Morgan fingerprint density at radius 3 is 2.69 bits per heavy atom. The minimum atomic E-state index is 0.189. The molecule has 1 heterocycles. The summed E-state index contributed by atoms with van der Waals surface area (Å²) in [5.74, 6) is 0. The van der Waals surface area contributed by atoms with Gasteiger partial charge in [0.25, 0.3) is 0 Å². The molecule has 1 aliphatic carbocycles. The molecule has 90 valence electrons. The van der Waals surface area contributed by atoms with E-state index in [4.69, 9.17) is 4.98 Å². The van der Waals surface area contributed by atoms with E-state index in [-0.39, 0.29) is 5.54 Å². The van der Waals surface area contributed by atoms with Crippen molar-refractivity contribution in [1.29, 1.82) is 0 Å². The number of hydrogen-bond acceptors (Lipinski definition) is 3. The predicted octanol–water partition coefficient (Wildman–Crippen LogP) is 3.61. The Morgan fingerprint density at radius 2 is 2.19 bits per heavy atom. The van der Waals surface area contributed by atoms with Crippen LogP contribution in [0.2, 0.25) is 0 Å². The number of nitrogens with one attached hydrogen (secondary N) is 1. The van der Waals surface area contributed by atoms with Crippen molar-refractivity contribution in [3.05, 3.63) is 16.1 Å². The zero-order valence-corrected chi connectivity index (χ0v) is 11.4. The molecule has 1 aromatic heterocycles. The number of rotatable bonds is 4. The van der Waals surface area contributed by atoms with Gasteiger partial charge >= 0.3 is 0 Å². The molecule has 1 unspecified atom stereocenters. The number of nitrogens with zero attached hydrogens (tertiary/aromatic N) is 1. The molecule has 1 atom stereocenters. The molecule has 1 N–H and O–H groups in total. The summed E-state index contributed by atoms with van der Waals surface area (Å²) in [4.78, 5) is 4.71. The molecule has 1 fully saturated rings. The van der Waals surface area contributed by atoms with Crippen molar-refractivity contribution in [2.75, 3.05) is 0 Å². The lowest BCUT2D eigenvalue weighted by Crippen LogP contribution is -2.44. The first-order chi connectivity index (χ1) is 7.66. The van der Waals surface area contributed by atoms with E-state index in [9.17, 15) is 0 Å². The maximum atomic E-state index is 4.71. The van der Waals surface area contributed by atoms with Gasteiger partial charge in [-0.25, -0.2) is 4.98 Å². The van der Waals surface area contributed by atoms with Gasteiger partial charge in [0.2, 0.25) is 0 Å². The summed E-state index contributed by atoms with van der Waals surface area (Å²) in [5, 5.41) is 7.30. The molecule has 0 aromatic carbocycles. The van der Waals surface area contributed by atoms with Crippen LogP contribution in [-0.4, -0.2) is 11.0 Å². The summed E-state index contributed by atoms with van der Waals surface area (Å²) in [6.45, 7) is 6.61. The van der Waals surface area contributed by atoms with E-state index >= 15 is 0 Å². The highest BCUT2D eigenvalue weighted by Crippen LogP contribution is 2.40. The van der Waals surface area contributed by atoms with Crippen molar-refractivity contribution in [2.24, 2.45) is 0 Å². The molecule has 0 amide bonds. The summed E-state index contributed by atoms with van der Waals surface area (Å²) in [6.07, 6.45) is 6.37. The van der Waals surface area contributed by atoms with Gasteiger partial charge in [-0.3, -0.25) is 0 Å². The molecule has 2 nitrogen and oxygen atoms in total. The molecule has 1 aliphatic rings. The van der Waals surface area contributed by atoms with E-state index in [1.165, 1.54) is 37.1 Å². The largest absolute Gasteiger partial charge is 0.303 e. The number of aryl methyl sites for hydroxylation is 1. The Balaban J connectivity index is 2.21. The lowest BCUT2D eigenvalue weighted by atomic mass is 9.96. The van der Waals surface area contributed by atoms with Gasteiger partial charge in [-0.15, -0.1) is 11.3 Å². The summed E-state index contributed by atoms with van der Waals surface area (Å²) < 4.78 is 0. The van der Waals surface area contributed by atoms with Gasteiger partial charge < -0.3 is 5.32 Å². The average Bonchev–Trinajstić information content (AvgIpc) is 2.88. The minimum absolute atomic E-state index is 0.189. The van der Waals surface area contributed by atoms with Crippen molar-refractivity contribution in [3.63, 3.8) is 0 Å². The molecule has 0 radical (unpaired) electrons. The summed E-state index contributed by atoms with van der Waals surface area (Å²) in [7, 11) is 0. The van der Waals surface area contributed by atoms with Gasteiger partial charge in [-0.1, -0.05) is 19.8 Å². The highest BCUT2D eigenvalue weighted by molar-refractivity contribution is 7.09. The van der Waals surface area contributed by atoms with Crippen LogP contribution in [0.25, 0.3) is 0 Å².